The molecule has 4 heteroatoms. The van der Waals surface area contributed by atoms with E-state index in [1.807, 2.05) is 30.3 Å². The predicted octanol–water partition coefficient (Wildman–Crippen LogP) is 3.75. The third-order valence-electron chi connectivity index (χ3n) is 2.78. The van der Waals surface area contributed by atoms with Crippen LogP contribution in [0.4, 0.5) is 10.1 Å². The van der Waals surface area contributed by atoms with E-state index >= 15 is 0 Å². The van der Waals surface area contributed by atoms with Crippen molar-refractivity contribution in [3.8, 4) is 11.5 Å². The van der Waals surface area contributed by atoms with Gasteiger partial charge in [-0.15, -0.1) is 0 Å². The molecule has 94 valence electrons. The number of rotatable bonds is 2. The average Bonchev–Trinajstić information content (AvgIpc) is 2.42. The highest BCUT2D eigenvalue weighted by Gasteiger charge is 2.04. The van der Waals surface area contributed by atoms with Crippen LogP contribution in [0, 0.1) is 5.82 Å². The first kappa shape index (κ1) is 11.5. The molecule has 0 atom stereocenters. The molecule has 0 aliphatic carbocycles. The normalized spacial score (nSPS) is 10.6. The average molecular weight is 254 g/mol. The van der Waals surface area contributed by atoms with Crippen LogP contribution in [0.1, 0.15) is 0 Å². The zero-order chi connectivity index (χ0) is 13.2. The Hall–Kier alpha value is -2.62. The predicted molar refractivity (Wildman–Crippen MR) is 72.6 cm³/mol. The molecule has 2 aromatic carbocycles. The Morgan fingerprint density at radius 2 is 1.95 bits per heavy atom. The molecule has 0 spiro atoms. The summed E-state index contributed by atoms with van der Waals surface area (Å²) in [5, 5.41) is 1.03. The topological polar surface area (TPSA) is 48.1 Å². The van der Waals surface area contributed by atoms with E-state index < -0.39 is 0 Å². The van der Waals surface area contributed by atoms with Gasteiger partial charge < -0.3 is 10.5 Å². The lowest BCUT2D eigenvalue weighted by molar-refractivity contribution is 0.484. The summed E-state index contributed by atoms with van der Waals surface area (Å²) >= 11 is 0. The van der Waals surface area contributed by atoms with Crippen LogP contribution >= 0.6 is 0 Å². The number of nitrogen functional groups attached to an aromatic ring is 1. The fraction of sp³-hybridized carbons (Fsp3) is 0. The highest BCUT2D eigenvalue weighted by molar-refractivity contribution is 5.79. The van der Waals surface area contributed by atoms with Gasteiger partial charge >= 0.3 is 0 Å². The molecule has 0 saturated carbocycles. The molecule has 0 aliphatic rings. The molecule has 0 unspecified atom stereocenters. The second-order valence-electron chi connectivity index (χ2n) is 4.14. The van der Waals surface area contributed by atoms with E-state index in [4.69, 9.17) is 10.5 Å². The second kappa shape index (κ2) is 4.57. The van der Waals surface area contributed by atoms with E-state index in [9.17, 15) is 4.39 Å². The van der Waals surface area contributed by atoms with Crippen LogP contribution in [-0.2, 0) is 0 Å². The lowest BCUT2D eigenvalue weighted by atomic mass is 10.2. The molecule has 0 radical (unpaired) electrons. The molecule has 0 saturated heterocycles. The first-order valence-corrected chi connectivity index (χ1v) is 5.80. The fourth-order valence-corrected chi connectivity index (χ4v) is 1.85. The molecule has 0 bridgehead atoms. The van der Waals surface area contributed by atoms with Gasteiger partial charge in [0.05, 0.1) is 11.2 Å². The maximum atomic E-state index is 12.9. The number of anilines is 1. The number of hydrogen-bond acceptors (Lipinski definition) is 3. The summed E-state index contributed by atoms with van der Waals surface area (Å²) in [7, 11) is 0. The van der Waals surface area contributed by atoms with Crippen molar-refractivity contribution < 1.29 is 9.13 Å². The van der Waals surface area contributed by atoms with Gasteiger partial charge in [0.2, 0.25) is 0 Å². The number of fused-ring (bicyclic) bond motifs is 1. The summed E-state index contributed by atoms with van der Waals surface area (Å²) in [5.74, 6) is 0.659. The highest BCUT2D eigenvalue weighted by atomic mass is 19.1. The second-order valence-corrected chi connectivity index (χ2v) is 4.14. The number of nitrogens with zero attached hydrogens (tertiary/aromatic N) is 1. The Morgan fingerprint density at radius 1 is 1.05 bits per heavy atom. The van der Waals surface area contributed by atoms with E-state index in [2.05, 4.69) is 4.98 Å². The van der Waals surface area contributed by atoms with Gasteiger partial charge in [0.25, 0.3) is 0 Å². The Labute approximate surface area is 109 Å². The minimum Gasteiger partial charge on any atom is -0.455 e. The molecule has 3 aromatic rings. The van der Waals surface area contributed by atoms with Crippen molar-refractivity contribution in [1.82, 2.24) is 4.98 Å². The molecule has 0 fully saturated rings. The van der Waals surface area contributed by atoms with Crippen LogP contribution in [0.3, 0.4) is 0 Å². The lowest BCUT2D eigenvalue weighted by Gasteiger charge is -2.08. The van der Waals surface area contributed by atoms with Gasteiger partial charge in [-0.25, -0.2) is 4.39 Å². The van der Waals surface area contributed by atoms with Crippen LogP contribution in [0.15, 0.2) is 54.7 Å². The third-order valence-corrected chi connectivity index (χ3v) is 2.78. The molecule has 1 aromatic heterocycles. The van der Waals surface area contributed by atoms with Crippen molar-refractivity contribution in [1.29, 1.82) is 0 Å². The molecular weight excluding hydrogens is 243 g/mol. The highest BCUT2D eigenvalue weighted by Crippen LogP contribution is 2.29. The van der Waals surface area contributed by atoms with Gasteiger partial charge in [0.15, 0.2) is 5.75 Å². The number of aromatic nitrogens is 1. The summed E-state index contributed by atoms with van der Waals surface area (Å²) in [6, 6.07) is 13.5. The van der Waals surface area contributed by atoms with Crippen molar-refractivity contribution in [2.24, 2.45) is 0 Å². The number of nitrogens with two attached hydrogens (primary N) is 1. The summed E-state index contributed by atoms with van der Waals surface area (Å²) in [6.45, 7) is 0. The van der Waals surface area contributed by atoms with Gasteiger partial charge in [-0.1, -0.05) is 6.07 Å². The summed E-state index contributed by atoms with van der Waals surface area (Å²) < 4.78 is 18.6. The molecular formula is C15H11FN2O. The zero-order valence-electron chi connectivity index (χ0n) is 10.0. The summed E-state index contributed by atoms with van der Waals surface area (Å²) in [4.78, 5) is 4.25. The maximum Gasteiger partial charge on any atom is 0.150 e. The summed E-state index contributed by atoms with van der Waals surface area (Å²) in [5.41, 5.74) is 6.80. The molecule has 1 heterocycles. The first-order valence-electron chi connectivity index (χ1n) is 5.80. The van der Waals surface area contributed by atoms with Crippen molar-refractivity contribution in [2.75, 3.05) is 5.73 Å². The van der Waals surface area contributed by atoms with Crippen LogP contribution in [0.25, 0.3) is 10.9 Å². The lowest BCUT2D eigenvalue weighted by Crippen LogP contribution is -1.93. The minimum absolute atomic E-state index is 0.265. The molecule has 3 nitrogen and oxygen atoms in total. The molecule has 0 amide bonds. The quantitative estimate of drug-likeness (QED) is 0.708. The Kier molecular flexibility index (Phi) is 2.76. The minimum atomic E-state index is -0.384. The van der Waals surface area contributed by atoms with Crippen molar-refractivity contribution in [3.63, 3.8) is 0 Å². The van der Waals surface area contributed by atoms with Crippen LogP contribution in [-0.4, -0.2) is 4.98 Å². The number of ether oxygens (including phenoxy) is 1. The van der Waals surface area contributed by atoms with Crippen molar-refractivity contribution >= 4 is 16.6 Å². The SMILES string of the molecule is Nc1cc(F)ccc1Oc1ccc2cccnc2c1. The van der Waals surface area contributed by atoms with Gasteiger partial charge in [-0.2, -0.15) is 0 Å². The van der Waals surface area contributed by atoms with Crippen molar-refractivity contribution in [3.05, 3.63) is 60.5 Å². The van der Waals surface area contributed by atoms with E-state index in [0.717, 1.165) is 10.9 Å². The fourth-order valence-electron chi connectivity index (χ4n) is 1.85. The molecule has 2 N–H and O–H groups in total. The van der Waals surface area contributed by atoms with E-state index in [1.165, 1.54) is 18.2 Å². The largest absolute Gasteiger partial charge is 0.455 e. The van der Waals surface area contributed by atoms with Gasteiger partial charge in [-0.05, 0) is 30.3 Å². The van der Waals surface area contributed by atoms with Gasteiger partial charge in [0, 0.05) is 23.7 Å². The van der Waals surface area contributed by atoms with Crippen LogP contribution < -0.4 is 10.5 Å². The maximum absolute atomic E-state index is 12.9. The summed E-state index contributed by atoms with van der Waals surface area (Å²) in [6.07, 6.45) is 1.72. The van der Waals surface area contributed by atoms with Gasteiger partial charge in [-0.3, -0.25) is 4.98 Å². The van der Waals surface area contributed by atoms with Crippen LogP contribution in [0.5, 0.6) is 11.5 Å². The van der Waals surface area contributed by atoms with E-state index in [1.54, 1.807) is 6.20 Å². The Bertz CT molecular complexity index is 743. The monoisotopic (exact) mass is 254 g/mol. The Balaban J connectivity index is 1.96. The number of hydrogen-bond donors (Lipinski definition) is 1. The molecule has 3 rings (SSSR count). The smallest absolute Gasteiger partial charge is 0.150 e. The Morgan fingerprint density at radius 3 is 2.79 bits per heavy atom. The van der Waals surface area contributed by atoms with Crippen LogP contribution in [0.2, 0.25) is 0 Å². The number of halogens is 1. The first-order chi connectivity index (χ1) is 9.22. The standard InChI is InChI=1S/C15H11FN2O/c16-11-4-6-15(13(17)8-11)19-12-5-3-10-2-1-7-18-14(10)9-12/h1-9H,17H2. The number of pyridine rings is 1. The molecule has 0 aliphatic heterocycles. The van der Waals surface area contributed by atoms with E-state index in [0.29, 0.717) is 11.5 Å². The van der Waals surface area contributed by atoms with E-state index in [-0.39, 0.29) is 11.5 Å². The molecule has 19 heavy (non-hydrogen) atoms. The van der Waals surface area contributed by atoms with Gasteiger partial charge in [0.1, 0.15) is 11.6 Å². The third kappa shape index (κ3) is 2.33. The number of benzene rings is 2. The zero-order valence-corrected chi connectivity index (χ0v) is 10.0. The van der Waals surface area contributed by atoms with Crippen molar-refractivity contribution in [2.45, 2.75) is 0 Å².